The summed E-state index contributed by atoms with van der Waals surface area (Å²) < 4.78 is 5.33. The lowest BCUT2D eigenvalue weighted by molar-refractivity contribution is 0.191. The molecular formula is C11H18N4O2S. The second-order valence-corrected chi connectivity index (χ2v) is 6.06. The zero-order chi connectivity index (χ0) is 12.5. The molecule has 2 fully saturated rings. The zero-order valence-corrected chi connectivity index (χ0v) is 11.2. The first-order chi connectivity index (χ1) is 8.74. The van der Waals surface area contributed by atoms with Gasteiger partial charge in [-0.05, 0) is 13.5 Å². The highest BCUT2D eigenvalue weighted by atomic mass is 32.2. The molecule has 0 bridgehead atoms. The van der Waals surface area contributed by atoms with Crippen molar-refractivity contribution in [2.45, 2.75) is 24.6 Å². The minimum absolute atomic E-state index is 0.00259. The molecule has 6 nitrogen and oxygen atoms in total. The van der Waals surface area contributed by atoms with Gasteiger partial charge in [-0.2, -0.15) is 16.7 Å². The molecule has 7 heteroatoms. The molecule has 1 aromatic rings. The molecule has 3 atom stereocenters. The predicted octanol–water partition coefficient (Wildman–Crippen LogP) is 0.185. The predicted molar refractivity (Wildman–Crippen MR) is 68.4 cm³/mol. The van der Waals surface area contributed by atoms with Crippen molar-refractivity contribution in [3.8, 4) is 0 Å². The van der Waals surface area contributed by atoms with E-state index in [0.29, 0.717) is 18.9 Å². The third-order valence-corrected chi connectivity index (χ3v) is 4.58. The summed E-state index contributed by atoms with van der Waals surface area (Å²) in [7, 11) is 2.10. The summed E-state index contributed by atoms with van der Waals surface area (Å²) in [6.45, 7) is 1.65. The maximum Gasteiger partial charge on any atom is 0.243 e. The number of nitrogens with one attached hydrogen (secondary N) is 1. The molecule has 1 aromatic heterocycles. The van der Waals surface area contributed by atoms with Gasteiger partial charge in [0, 0.05) is 24.6 Å². The normalized spacial score (nSPS) is 34.0. The Bertz CT molecular complexity index is 414. The van der Waals surface area contributed by atoms with Gasteiger partial charge in [0.15, 0.2) is 5.82 Å². The molecule has 0 spiro atoms. The molecule has 0 aromatic carbocycles. The molecule has 2 N–H and O–H groups in total. The van der Waals surface area contributed by atoms with E-state index in [-0.39, 0.29) is 18.2 Å². The number of aliphatic hydroxyl groups is 1. The molecule has 2 aliphatic rings. The molecule has 18 heavy (non-hydrogen) atoms. The van der Waals surface area contributed by atoms with Crippen molar-refractivity contribution in [2.75, 3.05) is 31.6 Å². The van der Waals surface area contributed by atoms with Crippen LogP contribution in [-0.4, -0.2) is 57.9 Å². The summed E-state index contributed by atoms with van der Waals surface area (Å²) in [6.07, 6.45) is 0.343. The van der Waals surface area contributed by atoms with E-state index < -0.39 is 0 Å². The Morgan fingerprint density at radius 1 is 1.56 bits per heavy atom. The number of nitrogens with zero attached hydrogens (tertiary/aromatic N) is 3. The molecule has 2 aliphatic heterocycles. The van der Waals surface area contributed by atoms with Crippen molar-refractivity contribution in [3.05, 3.63) is 11.7 Å². The van der Waals surface area contributed by atoms with Crippen molar-refractivity contribution in [2.24, 2.45) is 0 Å². The molecule has 0 amide bonds. The minimum atomic E-state index is -0.307. The minimum Gasteiger partial charge on any atom is -0.392 e. The summed E-state index contributed by atoms with van der Waals surface area (Å²) >= 11 is 1.92. The van der Waals surface area contributed by atoms with E-state index >= 15 is 0 Å². The lowest BCUT2D eigenvalue weighted by atomic mass is 10.2. The molecule has 2 saturated heterocycles. The highest BCUT2D eigenvalue weighted by molar-refractivity contribution is 7.99. The number of β-amino-alcohol motifs (C(OH)–C–C–N with tert-alkyl or cyclic N) is 1. The van der Waals surface area contributed by atoms with Gasteiger partial charge in [0.1, 0.15) is 0 Å². The van der Waals surface area contributed by atoms with Gasteiger partial charge in [0.05, 0.1) is 18.2 Å². The van der Waals surface area contributed by atoms with Gasteiger partial charge in [0.25, 0.3) is 0 Å². The maximum absolute atomic E-state index is 9.49. The van der Waals surface area contributed by atoms with E-state index in [0.717, 1.165) is 23.9 Å². The van der Waals surface area contributed by atoms with E-state index in [1.165, 1.54) is 0 Å². The fraction of sp³-hybridized carbons (Fsp3) is 0.818. The van der Waals surface area contributed by atoms with Gasteiger partial charge in [-0.3, -0.25) is 4.90 Å². The van der Waals surface area contributed by atoms with Crippen LogP contribution in [0.3, 0.4) is 0 Å². The van der Waals surface area contributed by atoms with Crippen molar-refractivity contribution in [1.82, 2.24) is 20.4 Å². The maximum atomic E-state index is 9.49. The average molecular weight is 270 g/mol. The number of aliphatic hydroxyl groups excluding tert-OH is 1. The van der Waals surface area contributed by atoms with Gasteiger partial charge in [0.2, 0.25) is 5.89 Å². The second-order valence-electron chi connectivity index (χ2n) is 4.91. The SMILES string of the molecule is CN1CCSCC1c1noc([C@H]2C[C@H](O)CN2)n1. The van der Waals surface area contributed by atoms with Gasteiger partial charge < -0.3 is 14.9 Å². The van der Waals surface area contributed by atoms with Crippen LogP contribution in [0.2, 0.25) is 0 Å². The molecule has 0 saturated carbocycles. The largest absolute Gasteiger partial charge is 0.392 e. The van der Waals surface area contributed by atoms with Crippen LogP contribution in [0.5, 0.6) is 0 Å². The summed E-state index contributed by atoms with van der Waals surface area (Å²) in [4.78, 5) is 6.76. The fourth-order valence-corrected chi connectivity index (χ4v) is 3.60. The average Bonchev–Trinajstić information content (AvgIpc) is 2.98. The Kier molecular flexibility index (Phi) is 3.56. The van der Waals surface area contributed by atoms with Gasteiger partial charge in [-0.25, -0.2) is 0 Å². The van der Waals surface area contributed by atoms with Crippen LogP contribution in [0.4, 0.5) is 0 Å². The number of rotatable bonds is 2. The van der Waals surface area contributed by atoms with E-state index in [2.05, 4.69) is 27.4 Å². The Hall–Kier alpha value is -0.630. The zero-order valence-electron chi connectivity index (χ0n) is 10.4. The van der Waals surface area contributed by atoms with Gasteiger partial charge in [-0.15, -0.1) is 0 Å². The summed E-state index contributed by atoms with van der Waals surface area (Å²) in [6, 6.07) is 0.246. The molecule has 1 unspecified atom stereocenters. The Labute approximate surface area is 110 Å². The highest BCUT2D eigenvalue weighted by Gasteiger charge is 2.31. The van der Waals surface area contributed by atoms with Crippen LogP contribution >= 0.6 is 11.8 Å². The van der Waals surface area contributed by atoms with E-state index in [4.69, 9.17) is 4.52 Å². The van der Waals surface area contributed by atoms with E-state index in [1.807, 2.05) is 11.8 Å². The molecule has 0 radical (unpaired) electrons. The van der Waals surface area contributed by atoms with Crippen LogP contribution in [0.15, 0.2) is 4.52 Å². The fourth-order valence-electron chi connectivity index (χ4n) is 2.39. The standard InChI is InChI=1S/C11H18N4O2S/c1-15-2-3-18-6-9(15)10-13-11(17-14-10)8-4-7(16)5-12-8/h7-9,12,16H,2-6H2,1H3/t7-,8+,9?/m0/s1. The van der Waals surface area contributed by atoms with Gasteiger partial charge >= 0.3 is 0 Å². The summed E-state index contributed by atoms with van der Waals surface area (Å²) in [5, 5.41) is 16.8. The smallest absolute Gasteiger partial charge is 0.243 e. The number of aromatic nitrogens is 2. The van der Waals surface area contributed by atoms with Crippen molar-refractivity contribution >= 4 is 11.8 Å². The molecule has 3 rings (SSSR count). The van der Waals surface area contributed by atoms with Gasteiger partial charge in [-0.1, -0.05) is 5.16 Å². The summed E-state index contributed by atoms with van der Waals surface area (Å²) in [5.74, 6) is 3.54. The number of hydrogen-bond acceptors (Lipinski definition) is 7. The van der Waals surface area contributed by atoms with Crippen LogP contribution < -0.4 is 5.32 Å². The second kappa shape index (κ2) is 5.16. The number of thioether (sulfide) groups is 1. The molecule has 100 valence electrons. The third kappa shape index (κ3) is 2.40. The van der Waals surface area contributed by atoms with E-state index in [9.17, 15) is 5.11 Å². The van der Waals surface area contributed by atoms with Crippen LogP contribution in [0.1, 0.15) is 30.2 Å². The van der Waals surface area contributed by atoms with Crippen molar-refractivity contribution < 1.29 is 9.63 Å². The first-order valence-electron chi connectivity index (χ1n) is 6.27. The molecule has 3 heterocycles. The van der Waals surface area contributed by atoms with Crippen LogP contribution in [0.25, 0.3) is 0 Å². The monoisotopic (exact) mass is 270 g/mol. The van der Waals surface area contributed by atoms with E-state index in [1.54, 1.807) is 0 Å². The highest BCUT2D eigenvalue weighted by Crippen LogP contribution is 2.28. The lowest BCUT2D eigenvalue weighted by Gasteiger charge is -2.29. The third-order valence-electron chi connectivity index (χ3n) is 3.56. The van der Waals surface area contributed by atoms with Crippen LogP contribution in [0, 0.1) is 0 Å². The Balaban J connectivity index is 1.72. The van der Waals surface area contributed by atoms with Crippen LogP contribution in [-0.2, 0) is 0 Å². The quantitative estimate of drug-likeness (QED) is 0.794. The Morgan fingerprint density at radius 2 is 2.44 bits per heavy atom. The topological polar surface area (TPSA) is 74.4 Å². The number of hydrogen-bond donors (Lipinski definition) is 2. The lowest BCUT2D eigenvalue weighted by Crippen LogP contribution is -2.33. The summed E-state index contributed by atoms with van der Waals surface area (Å²) in [5.41, 5.74) is 0. The first kappa shape index (κ1) is 12.4. The first-order valence-corrected chi connectivity index (χ1v) is 7.42. The molecular weight excluding hydrogens is 252 g/mol. The van der Waals surface area contributed by atoms with Crippen molar-refractivity contribution in [1.29, 1.82) is 0 Å². The van der Waals surface area contributed by atoms with Crippen molar-refractivity contribution in [3.63, 3.8) is 0 Å². The Morgan fingerprint density at radius 3 is 3.17 bits per heavy atom. The molecule has 0 aliphatic carbocycles.